The van der Waals surface area contributed by atoms with Gasteiger partial charge in [0, 0.05) is 12.6 Å². The molecule has 0 aromatic rings. The number of esters is 1. The van der Waals surface area contributed by atoms with E-state index in [0.29, 0.717) is 19.4 Å². The van der Waals surface area contributed by atoms with Crippen LogP contribution < -0.4 is 0 Å². The van der Waals surface area contributed by atoms with Gasteiger partial charge in [-0.15, -0.1) is 0 Å². The molecule has 4 heterocycles. The van der Waals surface area contributed by atoms with Crippen molar-refractivity contribution in [2.75, 3.05) is 19.8 Å². The van der Waals surface area contributed by atoms with E-state index in [9.17, 15) is 19.5 Å². The number of nitrogens with zero attached hydrogens (tertiary/aromatic N) is 2. The zero-order chi connectivity index (χ0) is 24.0. The van der Waals surface area contributed by atoms with E-state index in [0.717, 1.165) is 12.8 Å². The normalized spacial score (nSPS) is 37.6. The monoisotopic (exact) mass is 460 g/mol. The quantitative estimate of drug-likeness (QED) is 0.480. The minimum atomic E-state index is -1.30. The Morgan fingerprint density at radius 1 is 1.09 bits per heavy atom. The van der Waals surface area contributed by atoms with Gasteiger partial charge in [0.05, 0.1) is 25.2 Å². The number of cyclic esters (lactones) is 1. The average Bonchev–Trinajstić information content (AvgIpc) is 3.14. The molecular weight excluding hydrogens is 424 g/mol. The second-order valence-corrected chi connectivity index (χ2v) is 9.79. The lowest BCUT2D eigenvalue weighted by Crippen LogP contribution is -2.59. The molecule has 33 heavy (non-hydrogen) atoms. The van der Waals surface area contributed by atoms with Crippen molar-refractivity contribution < 1.29 is 29.0 Å². The molecule has 8 heteroatoms. The average molecular weight is 461 g/mol. The van der Waals surface area contributed by atoms with Gasteiger partial charge in [0.1, 0.15) is 23.2 Å². The van der Waals surface area contributed by atoms with Gasteiger partial charge in [-0.2, -0.15) is 0 Å². The van der Waals surface area contributed by atoms with E-state index in [-0.39, 0.29) is 31.1 Å². The van der Waals surface area contributed by atoms with Crippen LogP contribution in [0.2, 0.25) is 0 Å². The topological polar surface area (TPSA) is 96.4 Å². The van der Waals surface area contributed by atoms with Crippen molar-refractivity contribution >= 4 is 17.8 Å². The van der Waals surface area contributed by atoms with Gasteiger partial charge >= 0.3 is 5.97 Å². The number of aliphatic hydroxyl groups excluding tert-OH is 1. The molecule has 0 aromatic carbocycles. The predicted octanol–water partition coefficient (Wildman–Crippen LogP) is 1.82. The van der Waals surface area contributed by atoms with E-state index in [2.05, 4.69) is 6.92 Å². The summed E-state index contributed by atoms with van der Waals surface area (Å²) in [6.45, 7) is 8.10. The third-order valence-corrected chi connectivity index (χ3v) is 7.85. The number of amides is 2. The maximum atomic E-state index is 14.1. The van der Waals surface area contributed by atoms with Crippen molar-refractivity contribution in [3.05, 3.63) is 24.3 Å². The highest BCUT2D eigenvalue weighted by atomic mass is 16.6. The molecule has 2 fully saturated rings. The van der Waals surface area contributed by atoms with E-state index in [1.165, 1.54) is 4.90 Å². The molecule has 0 aromatic heterocycles. The molecule has 7 atom stereocenters. The van der Waals surface area contributed by atoms with Crippen molar-refractivity contribution in [1.29, 1.82) is 0 Å². The van der Waals surface area contributed by atoms with Crippen LogP contribution in [0.15, 0.2) is 24.3 Å². The van der Waals surface area contributed by atoms with Crippen LogP contribution in [-0.4, -0.2) is 81.8 Å². The molecule has 4 aliphatic heterocycles. The molecule has 2 saturated heterocycles. The van der Waals surface area contributed by atoms with Gasteiger partial charge in [0.15, 0.2) is 0 Å². The molecule has 0 bridgehead atoms. The maximum Gasteiger partial charge on any atom is 0.313 e. The SMILES string of the molecule is CCCC(C)N1CC=C[C@]23O[C@@]4(CC)C=CCCOC(=O)[C@H]4[C@H]2C(=O)N([C@H](C)CO)C3C1=O. The molecule has 4 rings (SSSR count). The Kier molecular flexibility index (Phi) is 6.44. The third-order valence-electron chi connectivity index (χ3n) is 7.85. The highest BCUT2D eigenvalue weighted by molar-refractivity contribution is 5.99. The van der Waals surface area contributed by atoms with Crippen LogP contribution in [0, 0.1) is 11.8 Å². The number of ether oxygens (including phenoxy) is 2. The summed E-state index contributed by atoms with van der Waals surface area (Å²) in [5, 5.41) is 9.96. The molecule has 2 unspecified atom stereocenters. The van der Waals surface area contributed by atoms with Crippen LogP contribution in [0.3, 0.4) is 0 Å². The highest BCUT2D eigenvalue weighted by Gasteiger charge is 2.75. The van der Waals surface area contributed by atoms with Crippen LogP contribution in [-0.2, 0) is 23.9 Å². The minimum Gasteiger partial charge on any atom is -0.465 e. The zero-order valence-corrected chi connectivity index (χ0v) is 20.0. The van der Waals surface area contributed by atoms with Crippen molar-refractivity contribution in [3.8, 4) is 0 Å². The lowest BCUT2D eigenvalue weighted by Gasteiger charge is -2.41. The molecule has 1 N–H and O–H groups in total. The largest absolute Gasteiger partial charge is 0.465 e. The summed E-state index contributed by atoms with van der Waals surface area (Å²) in [5.41, 5.74) is -2.33. The van der Waals surface area contributed by atoms with Gasteiger partial charge in [-0.25, -0.2) is 0 Å². The summed E-state index contributed by atoms with van der Waals surface area (Å²) in [6.07, 6.45) is 10.4. The summed E-state index contributed by atoms with van der Waals surface area (Å²) in [7, 11) is 0. The minimum absolute atomic E-state index is 0.0113. The second kappa shape index (κ2) is 8.87. The number of aliphatic hydroxyl groups is 1. The van der Waals surface area contributed by atoms with Gasteiger partial charge in [0.25, 0.3) is 0 Å². The Bertz CT molecular complexity index is 871. The van der Waals surface area contributed by atoms with Crippen molar-refractivity contribution in [3.63, 3.8) is 0 Å². The fourth-order valence-electron chi connectivity index (χ4n) is 6.22. The molecule has 0 saturated carbocycles. The van der Waals surface area contributed by atoms with E-state index in [4.69, 9.17) is 9.47 Å². The van der Waals surface area contributed by atoms with Crippen LogP contribution in [0.4, 0.5) is 0 Å². The van der Waals surface area contributed by atoms with Gasteiger partial charge in [-0.05, 0) is 33.1 Å². The fraction of sp³-hybridized carbons (Fsp3) is 0.720. The summed E-state index contributed by atoms with van der Waals surface area (Å²) in [5.74, 6) is -2.75. The summed E-state index contributed by atoms with van der Waals surface area (Å²) in [4.78, 5) is 44.6. The highest BCUT2D eigenvalue weighted by Crippen LogP contribution is 2.58. The lowest BCUT2D eigenvalue weighted by molar-refractivity contribution is -0.163. The molecular formula is C25H36N2O6. The lowest BCUT2D eigenvalue weighted by atomic mass is 9.73. The Balaban J connectivity index is 1.89. The third kappa shape index (κ3) is 3.44. The van der Waals surface area contributed by atoms with E-state index < -0.39 is 41.1 Å². The molecule has 0 radical (unpaired) electrons. The molecule has 4 aliphatic rings. The van der Waals surface area contributed by atoms with Crippen LogP contribution >= 0.6 is 0 Å². The van der Waals surface area contributed by atoms with Crippen LogP contribution in [0.25, 0.3) is 0 Å². The van der Waals surface area contributed by atoms with Gasteiger partial charge in [-0.3, -0.25) is 14.4 Å². The Hall–Kier alpha value is -2.19. The number of hydrogen-bond donors (Lipinski definition) is 1. The zero-order valence-electron chi connectivity index (χ0n) is 20.0. The Labute approximate surface area is 195 Å². The Morgan fingerprint density at radius 2 is 1.85 bits per heavy atom. The predicted molar refractivity (Wildman–Crippen MR) is 121 cm³/mol. The van der Waals surface area contributed by atoms with E-state index in [1.54, 1.807) is 11.8 Å². The first-order valence-electron chi connectivity index (χ1n) is 12.2. The first-order chi connectivity index (χ1) is 15.8. The van der Waals surface area contributed by atoms with Crippen LogP contribution in [0.1, 0.15) is 53.4 Å². The number of carbonyl (C=O) groups is 3. The summed E-state index contributed by atoms with van der Waals surface area (Å²) in [6, 6.07) is -1.56. The second-order valence-electron chi connectivity index (χ2n) is 9.79. The van der Waals surface area contributed by atoms with E-state index >= 15 is 0 Å². The Morgan fingerprint density at radius 3 is 2.52 bits per heavy atom. The first-order valence-corrected chi connectivity index (χ1v) is 12.2. The smallest absolute Gasteiger partial charge is 0.313 e. The van der Waals surface area contributed by atoms with Crippen molar-refractivity contribution in [2.45, 2.75) is 82.7 Å². The van der Waals surface area contributed by atoms with Gasteiger partial charge in [-0.1, -0.05) is 44.6 Å². The summed E-state index contributed by atoms with van der Waals surface area (Å²) < 4.78 is 12.3. The number of rotatable bonds is 6. The molecule has 182 valence electrons. The van der Waals surface area contributed by atoms with Crippen molar-refractivity contribution in [1.82, 2.24) is 9.80 Å². The molecule has 8 nitrogen and oxygen atoms in total. The fourth-order valence-corrected chi connectivity index (χ4v) is 6.22. The van der Waals surface area contributed by atoms with Gasteiger partial charge in [0.2, 0.25) is 11.8 Å². The van der Waals surface area contributed by atoms with Crippen molar-refractivity contribution in [2.24, 2.45) is 11.8 Å². The molecule has 0 aliphatic carbocycles. The number of carbonyl (C=O) groups excluding carboxylic acids is 3. The maximum absolute atomic E-state index is 14.1. The van der Waals surface area contributed by atoms with Gasteiger partial charge < -0.3 is 24.4 Å². The molecule has 1 spiro atoms. The number of fused-ring (bicyclic) bond motifs is 2. The number of hydrogen-bond acceptors (Lipinski definition) is 6. The van der Waals surface area contributed by atoms with E-state index in [1.807, 2.05) is 38.2 Å². The first kappa shape index (κ1) is 24.0. The number of likely N-dealkylation sites (tertiary alicyclic amines) is 1. The summed E-state index contributed by atoms with van der Waals surface area (Å²) >= 11 is 0. The molecule has 2 amide bonds. The van der Waals surface area contributed by atoms with Crippen LogP contribution in [0.5, 0.6) is 0 Å². The standard InChI is InChI=1S/C25H36N2O6/c1-5-10-16(3)26-13-9-12-25-18(21(29)27(17(4)15-28)20(25)22(26)30)19-23(31)32-14-8-7-11-24(19,6-2)33-25/h7,9,11-12,16-20,28H,5-6,8,10,13-15H2,1-4H3/t16?,17-,18+,19-,20?,24+,25+/m1/s1.